The Morgan fingerprint density at radius 2 is 2.47 bits per heavy atom. The molecule has 0 aromatic carbocycles. The van der Waals surface area contributed by atoms with E-state index in [4.69, 9.17) is 0 Å². The molecule has 2 atom stereocenters. The van der Waals surface area contributed by atoms with Crippen LogP contribution in [0.2, 0.25) is 0 Å². The molecule has 0 radical (unpaired) electrons. The summed E-state index contributed by atoms with van der Waals surface area (Å²) in [6.45, 7) is 6.60. The van der Waals surface area contributed by atoms with Crippen LogP contribution >= 0.6 is 0 Å². The largest absolute Gasteiger partial charge is 0.337 e. The summed E-state index contributed by atoms with van der Waals surface area (Å²) < 4.78 is 0. The van der Waals surface area contributed by atoms with E-state index in [1.54, 1.807) is 12.4 Å². The molecule has 1 aromatic rings. The minimum Gasteiger partial charge on any atom is -0.337 e. The zero-order chi connectivity index (χ0) is 12.3. The van der Waals surface area contributed by atoms with Crippen molar-refractivity contribution in [2.24, 2.45) is 0 Å². The van der Waals surface area contributed by atoms with Crippen molar-refractivity contribution >= 4 is 5.91 Å². The van der Waals surface area contributed by atoms with Crippen molar-refractivity contribution in [3.05, 3.63) is 30.1 Å². The van der Waals surface area contributed by atoms with E-state index in [1.807, 2.05) is 24.0 Å². The zero-order valence-electron chi connectivity index (χ0n) is 10.4. The topological polar surface area (TPSA) is 45.2 Å². The monoisotopic (exact) mass is 233 g/mol. The number of rotatable bonds is 2. The smallest absolute Gasteiger partial charge is 0.230 e. The highest BCUT2D eigenvalue weighted by molar-refractivity contribution is 5.83. The van der Waals surface area contributed by atoms with Crippen LogP contribution in [0.15, 0.2) is 24.5 Å². The average Bonchev–Trinajstić information content (AvgIpc) is 2.39. The summed E-state index contributed by atoms with van der Waals surface area (Å²) in [5, 5.41) is 3.29. The minimum atomic E-state index is -0.107. The van der Waals surface area contributed by atoms with Gasteiger partial charge in [-0.3, -0.25) is 9.78 Å². The van der Waals surface area contributed by atoms with Gasteiger partial charge in [0, 0.05) is 38.1 Å². The van der Waals surface area contributed by atoms with E-state index < -0.39 is 0 Å². The van der Waals surface area contributed by atoms with Gasteiger partial charge in [0.15, 0.2) is 0 Å². The molecule has 4 nitrogen and oxygen atoms in total. The fourth-order valence-corrected chi connectivity index (χ4v) is 2.19. The molecular formula is C13H19N3O. The Hall–Kier alpha value is -1.42. The number of carbonyl (C=O) groups excluding carboxylic acids is 1. The quantitative estimate of drug-likeness (QED) is 0.829. The van der Waals surface area contributed by atoms with Crippen molar-refractivity contribution in [2.45, 2.75) is 25.8 Å². The molecule has 1 aliphatic rings. The van der Waals surface area contributed by atoms with Gasteiger partial charge in [0.05, 0.1) is 5.92 Å². The highest BCUT2D eigenvalue weighted by atomic mass is 16.2. The Labute approximate surface area is 102 Å². The molecule has 92 valence electrons. The van der Waals surface area contributed by atoms with E-state index >= 15 is 0 Å². The SMILES string of the molecule is C[C@H](C(=O)N1CCNC[C@@H]1C)c1cccnc1. The predicted octanol–water partition coefficient (Wildman–Crippen LogP) is 1.01. The van der Waals surface area contributed by atoms with Gasteiger partial charge in [-0.25, -0.2) is 0 Å². The summed E-state index contributed by atoms with van der Waals surface area (Å²) in [5.74, 6) is 0.0938. The Morgan fingerprint density at radius 3 is 3.12 bits per heavy atom. The Bertz CT molecular complexity index is 380. The van der Waals surface area contributed by atoms with Crippen LogP contribution < -0.4 is 5.32 Å². The molecule has 0 spiro atoms. The summed E-state index contributed by atoms with van der Waals surface area (Å²) >= 11 is 0. The number of nitrogens with zero attached hydrogens (tertiary/aromatic N) is 2. The van der Waals surface area contributed by atoms with Gasteiger partial charge in [0.25, 0.3) is 0 Å². The first-order chi connectivity index (χ1) is 8.20. The van der Waals surface area contributed by atoms with E-state index in [2.05, 4.69) is 17.2 Å². The number of amides is 1. The third-order valence-corrected chi connectivity index (χ3v) is 3.34. The number of hydrogen-bond donors (Lipinski definition) is 1. The molecule has 1 N–H and O–H groups in total. The third kappa shape index (κ3) is 2.64. The van der Waals surface area contributed by atoms with Crippen LogP contribution in [0, 0.1) is 0 Å². The standard InChI is InChI=1S/C13H19N3O/c1-10-8-15-6-7-16(10)13(17)11(2)12-4-3-5-14-9-12/h3-5,9-11,15H,6-8H2,1-2H3/t10-,11-/m0/s1. The van der Waals surface area contributed by atoms with Crippen molar-refractivity contribution < 1.29 is 4.79 Å². The number of hydrogen-bond acceptors (Lipinski definition) is 3. The van der Waals surface area contributed by atoms with Crippen molar-refractivity contribution in [2.75, 3.05) is 19.6 Å². The number of piperazine rings is 1. The van der Waals surface area contributed by atoms with Crippen molar-refractivity contribution in [1.29, 1.82) is 0 Å². The van der Waals surface area contributed by atoms with Gasteiger partial charge >= 0.3 is 0 Å². The average molecular weight is 233 g/mol. The number of carbonyl (C=O) groups is 1. The van der Waals surface area contributed by atoms with E-state index in [1.165, 1.54) is 0 Å². The molecule has 17 heavy (non-hydrogen) atoms. The van der Waals surface area contributed by atoms with Crippen LogP contribution in [0.25, 0.3) is 0 Å². The van der Waals surface area contributed by atoms with Gasteiger partial charge < -0.3 is 10.2 Å². The molecule has 0 bridgehead atoms. The van der Waals surface area contributed by atoms with E-state index in [0.29, 0.717) is 0 Å². The lowest BCUT2D eigenvalue weighted by Gasteiger charge is -2.35. The molecular weight excluding hydrogens is 214 g/mol. The van der Waals surface area contributed by atoms with Crippen LogP contribution in [0.5, 0.6) is 0 Å². The summed E-state index contributed by atoms with van der Waals surface area (Å²) in [4.78, 5) is 18.4. The molecule has 2 heterocycles. The molecule has 0 saturated carbocycles. The van der Waals surface area contributed by atoms with Gasteiger partial charge in [-0.2, -0.15) is 0 Å². The first-order valence-corrected chi connectivity index (χ1v) is 6.11. The Balaban J connectivity index is 2.09. The zero-order valence-corrected chi connectivity index (χ0v) is 10.4. The second kappa shape index (κ2) is 5.27. The van der Waals surface area contributed by atoms with Crippen LogP contribution in [-0.4, -0.2) is 41.5 Å². The van der Waals surface area contributed by atoms with E-state index in [-0.39, 0.29) is 17.9 Å². The lowest BCUT2D eigenvalue weighted by molar-refractivity contribution is -0.135. The van der Waals surface area contributed by atoms with Crippen molar-refractivity contribution in [3.63, 3.8) is 0 Å². The molecule has 1 fully saturated rings. The maximum absolute atomic E-state index is 12.4. The molecule has 1 saturated heterocycles. The minimum absolute atomic E-state index is 0.107. The van der Waals surface area contributed by atoms with Crippen LogP contribution in [0.1, 0.15) is 25.3 Å². The van der Waals surface area contributed by atoms with Gasteiger partial charge in [0.2, 0.25) is 5.91 Å². The highest BCUT2D eigenvalue weighted by Gasteiger charge is 2.27. The molecule has 1 aromatic heterocycles. The van der Waals surface area contributed by atoms with Gasteiger partial charge in [-0.1, -0.05) is 6.07 Å². The van der Waals surface area contributed by atoms with Crippen LogP contribution in [-0.2, 0) is 4.79 Å². The van der Waals surface area contributed by atoms with Crippen LogP contribution in [0.4, 0.5) is 0 Å². The summed E-state index contributed by atoms with van der Waals surface area (Å²) in [6.07, 6.45) is 3.50. The second-order valence-electron chi connectivity index (χ2n) is 4.59. The molecule has 4 heteroatoms. The van der Waals surface area contributed by atoms with Crippen molar-refractivity contribution in [3.8, 4) is 0 Å². The van der Waals surface area contributed by atoms with Crippen molar-refractivity contribution in [1.82, 2.24) is 15.2 Å². The Morgan fingerprint density at radius 1 is 1.65 bits per heavy atom. The highest BCUT2D eigenvalue weighted by Crippen LogP contribution is 2.18. The number of pyridine rings is 1. The lowest BCUT2D eigenvalue weighted by atomic mass is 10.0. The summed E-state index contributed by atoms with van der Waals surface area (Å²) in [7, 11) is 0. The third-order valence-electron chi connectivity index (χ3n) is 3.34. The van der Waals surface area contributed by atoms with Gasteiger partial charge in [-0.15, -0.1) is 0 Å². The molecule has 0 aliphatic carbocycles. The van der Waals surface area contributed by atoms with Gasteiger partial charge in [-0.05, 0) is 25.5 Å². The first kappa shape index (κ1) is 12.0. The maximum Gasteiger partial charge on any atom is 0.230 e. The van der Waals surface area contributed by atoms with E-state index in [0.717, 1.165) is 25.2 Å². The maximum atomic E-state index is 12.4. The molecule has 1 aliphatic heterocycles. The van der Waals surface area contributed by atoms with Crippen LogP contribution in [0.3, 0.4) is 0 Å². The molecule has 1 amide bonds. The molecule has 0 unspecified atom stereocenters. The lowest BCUT2D eigenvalue weighted by Crippen LogP contribution is -2.53. The Kier molecular flexibility index (Phi) is 3.74. The summed E-state index contributed by atoms with van der Waals surface area (Å²) in [5.41, 5.74) is 0.989. The molecule has 2 rings (SSSR count). The first-order valence-electron chi connectivity index (χ1n) is 6.11. The number of nitrogens with one attached hydrogen (secondary N) is 1. The number of aromatic nitrogens is 1. The fourth-order valence-electron chi connectivity index (χ4n) is 2.19. The summed E-state index contributed by atoms with van der Waals surface area (Å²) in [6, 6.07) is 4.11. The predicted molar refractivity (Wildman–Crippen MR) is 66.7 cm³/mol. The fraction of sp³-hybridized carbons (Fsp3) is 0.538. The normalized spacial score (nSPS) is 22.2. The van der Waals surface area contributed by atoms with Gasteiger partial charge in [0.1, 0.15) is 0 Å². The second-order valence-corrected chi connectivity index (χ2v) is 4.59. The van der Waals surface area contributed by atoms with E-state index in [9.17, 15) is 4.79 Å².